The molecule has 1 aliphatic rings. The van der Waals surface area contributed by atoms with Crippen LogP contribution in [0.3, 0.4) is 0 Å². The highest BCUT2D eigenvalue weighted by Crippen LogP contribution is 2.29. The van der Waals surface area contributed by atoms with E-state index in [1.54, 1.807) is 6.92 Å². The molecule has 0 spiro atoms. The van der Waals surface area contributed by atoms with E-state index >= 15 is 0 Å². The number of aromatic nitrogens is 3. The zero-order valence-corrected chi connectivity index (χ0v) is 17.5. The van der Waals surface area contributed by atoms with Gasteiger partial charge in [0.1, 0.15) is 17.7 Å². The van der Waals surface area contributed by atoms with E-state index < -0.39 is 42.9 Å². The van der Waals surface area contributed by atoms with Crippen molar-refractivity contribution in [1.82, 2.24) is 15.0 Å². The molecule has 0 aromatic carbocycles. The Morgan fingerprint density at radius 3 is 2.72 bits per heavy atom. The molecular weight excluding hydrogens is 462 g/mol. The summed E-state index contributed by atoms with van der Waals surface area (Å²) in [5.74, 6) is -1.72. The van der Waals surface area contributed by atoms with Crippen molar-refractivity contribution in [1.29, 1.82) is 0 Å². The summed E-state index contributed by atoms with van der Waals surface area (Å²) in [5.41, 5.74) is 0.450. The molecule has 0 aliphatic carbocycles. The van der Waals surface area contributed by atoms with Gasteiger partial charge in [0, 0.05) is 6.20 Å². The van der Waals surface area contributed by atoms with Crippen LogP contribution in [0, 0.1) is 5.82 Å². The van der Waals surface area contributed by atoms with Crippen LogP contribution in [-0.4, -0.2) is 57.7 Å². The van der Waals surface area contributed by atoms with Gasteiger partial charge in [0.2, 0.25) is 11.8 Å². The minimum absolute atomic E-state index is 0.0635. The lowest BCUT2D eigenvalue weighted by atomic mass is 10.1. The van der Waals surface area contributed by atoms with Gasteiger partial charge >= 0.3 is 12.3 Å². The Hall–Kier alpha value is -2.93. The Bertz CT molecular complexity index is 994. The lowest BCUT2D eigenvalue weighted by molar-refractivity contribution is -0.154. The summed E-state index contributed by atoms with van der Waals surface area (Å²) in [6.45, 7) is 1.41. The van der Waals surface area contributed by atoms with Crippen molar-refractivity contribution in [2.24, 2.45) is 0 Å². The molecule has 2 aromatic heterocycles. The van der Waals surface area contributed by atoms with E-state index in [-0.39, 0.29) is 29.3 Å². The fourth-order valence-electron chi connectivity index (χ4n) is 2.84. The summed E-state index contributed by atoms with van der Waals surface area (Å²) in [5, 5.41) is 12.6. The molecule has 14 heteroatoms. The van der Waals surface area contributed by atoms with Gasteiger partial charge in [-0.1, -0.05) is 11.6 Å². The summed E-state index contributed by atoms with van der Waals surface area (Å²) in [6.07, 6.45) is -4.30. The second-order valence-corrected chi connectivity index (χ2v) is 7.35. The predicted molar refractivity (Wildman–Crippen MR) is 104 cm³/mol. The molecule has 1 fully saturated rings. The molecule has 1 saturated heterocycles. The van der Waals surface area contributed by atoms with Crippen LogP contribution in [0.5, 0.6) is 5.88 Å². The number of hydrogen-bond acceptors (Lipinski definition) is 8. The number of anilines is 2. The first-order chi connectivity index (χ1) is 15.0. The highest BCUT2D eigenvalue weighted by molar-refractivity contribution is 6.31. The summed E-state index contributed by atoms with van der Waals surface area (Å²) >= 11 is 5.95. The molecule has 3 atom stereocenters. The number of nitrogens with one attached hydrogen (secondary N) is 1. The summed E-state index contributed by atoms with van der Waals surface area (Å²) in [4.78, 5) is 24.6. The highest BCUT2D eigenvalue weighted by atomic mass is 35.5. The number of carbonyl (C=O) groups is 1. The Kier molecular flexibility index (Phi) is 6.88. The smallest absolute Gasteiger partial charge is 0.422 e. The van der Waals surface area contributed by atoms with Gasteiger partial charge in [-0.2, -0.15) is 18.2 Å². The van der Waals surface area contributed by atoms with Crippen LogP contribution in [0.2, 0.25) is 5.02 Å². The van der Waals surface area contributed by atoms with Crippen molar-refractivity contribution in [3.05, 3.63) is 34.9 Å². The van der Waals surface area contributed by atoms with E-state index in [9.17, 15) is 27.5 Å². The van der Waals surface area contributed by atoms with E-state index in [4.69, 9.17) is 16.3 Å². The van der Waals surface area contributed by atoms with Crippen molar-refractivity contribution in [2.45, 2.75) is 38.2 Å². The zero-order valence-electron chi connectivity index (χ0n) is 16.7. The van der Waals surface area contributed by atoms with Crippen LogP contribution in [0.4, 0.5) is 34.1 Å². The number of halogens is 5. The molecule has 32 heavy (non-hydrogen) atoms. The summed E-state index contributed by atoms with van der Waals surface area (Å²) < 4.78 is 60.7. The molecule has 174 valence electrons. The van der Waals surface area contributed by atoms with Crippen LogP contribution < -0.4 is 15.0 Å². The van der Waals surface area contributed by atoms with Crippen molar-refractivity contribution in [2.75, 3.05) is 23.4 Å². The Morgan fingerprint density at radius 1 is 1.38 bits per heavy atom. The molecule has 2 N–H and O–H groups in total. The lowest BCUT2D eigenvalue weighted by Crippen LogP contribution is -2.42. The van der Waals surface area contributed by atoms with Crippen LogP contribution in [0.25, 0.3) is 0 Å². The molecule has 0 saturated carbocycles. The third-order valence-corrected chi connectivity index (χ3v) is 4.73. The first kappa shape index (κ1) is 23.7. The molecule has 3 heterocycles. The largest absolute Gasteiger partial charge is 0.467 e. The van der Waals surface area contributed by atoms with Crippen LogP contribution in [-0.2, 0) is 4.74 Å². The average Bonchev–Trinajstić information content (AvgIpc) is 3.09. The number of rotatable bonds is 7. The van der Waals surface area contributed by atoms with Crippen molar-refractivity contribution in [3.8, 4) is 5.88 Å². The maximum absolute atomic E-state index is 14.3. The number of aliphatic hydroxyl groups is 1. The normalized spacial score (nSPS) is 18.3. The quantitative estimate of drug-likeness (QED) is 0.581. The van der Waals surface area contributed by atoms with Gasteiger partial charge in [-0.05, 0) is 25.5 Å². The van der Waals surface area contributed by atoms with Gasteiger partial charge in [0.05, 0.1) is 18.3 Å². The molecule has 9 nitrogen and oxygen atoms in total. The number of pyridine rings is 1. The third kappa shape index (κ3) is 5.46. The van der Waals surface area contributed by atoms with Gasteiger partial charge < -0.3 is 19.9 Å². The van der Waals surface area contributed by atoms with Gasteiger partial charge in [-0.3, -0.25) is 0 Å². The van der Waals surface area contributed by atoms with Crippen molar-refractivity contribution < 1.29 is 36.9 Å². The second-order valence-electron chi connectivity index (χ2n) is 6.95. The number of carbonyl (C=O) groups excluding carboxylic acids is 1. The maximum Gasteiger partial charge on any atom is 0.422 e. The minimum Gasteiger partial charge on any atom is -0.467 e. The Morgan fingerprint density at radius 2 is 2.09 bits per heavy atom. The lowest BCUT2D eigenvalue weighted by Gasteiger charge is -2.23. The monoisotopic (exact) mass is 479 g/mol. The molecule has 0 radical (unpaired) electrons. The number of ether oxygens (including phenoxy) is 2. The fourth-order valence-corrected chi connectivity index (χ4v) is 3.07. The van der Waals surface area contributed by atoms with Crippen LogP contribution in [0.1, 0.15) is 25.5 Å². The van der Waals surface area contributed by atoms with Gasteiger partial charge in [0.25, 0.3) is 0 Å². The zero-order chi connectivity index (χ0) is 23.6. The second kappa shape index (κ2) is 9.28. The first-order valence-electron chi connectivity index (χ1n) is 9.24. The summed E-state index contributed by atoms with van der Waals surface area (Å²) in [7, 11) is 0. The van der Waals surface area contributed by atoms with E-state index in [1.807, 2.05) is 0 Å². The van der Waals surface area contributed by atoms with Gasteiger partial charge in [-0.15, -0.1) is 0 Å². The number of aliphatic hydroxyl groups excluding tert-OH is 1. The van der Waals surface area contributed by atoms with Crippen molar-refractivity contribution in [3.63, 3.8) is 0 Å². The average molecular weight is 480 g/mol. The van der Waals surface area contributed by atoms with Crippen molar-refractivity contribution >= 4 is 29.5 Å². The van der Waals surface area contributed by atoms with Gasteiger partial charge in [-0.25, -0.2) is 24.1 Å². The van der Waals surface area contributed by atoms with E-state index in [2.05, 4.69) is 25.0 Å². The van der Waals surface area contributed by atoms with Gasteiger partial charge in [0.15, 0.2) is 18.2 Å². The number of amides is 1. The minimum atomic E-state index is -4.54. The molecule has 2 aromatic rings. The number of alkyl halides is 3. The van der Waals surface area contributed by atoms with E-state index in [0.29, 0.717) is 5.56 Å². The van der Waals surface area contributed by atoms with E-state index in [0.717, 1.165) is 11.1 Å². The number of hydrogen-bond donors (Lipinski definition) is 2. The highest BCUT2D eigenvalue weighted by Gasteiger charge is 2.40. The topological polar surface area (TPSA) is 110 Å². The standard InChI is InChI=1S/C18H18ClF4N5O4/c1-8(10-3-11(19)15(24-4-10)32-7-18(21,22)23)26-16-25-5-12(20)14(27-16)28-13(9(2)29)6-31-17(28)30/h3-5,8-9,13,29H,6-7H2,1-2H3,(H,25,26,27)/t8-,9+,13?/m0/s1. The molecule has 1 amide bonds. The molecule has 0 bridgehead atoms. The SMILES string of the molecule is C[C@H](Nc1ncc(F)c(N2C(=O)OCC2[C@@H](C)O)n1)c1cnc(OCC(F)(F)F)c(Cl)c1. The molecular formula is C18H18ClF4N5O4. The molecule has 1 aliphatic heterocycles. The fraction of sp³-hybridized carbons (Fsp3) is 0.444. The third-order valence-electron chi connectivity index (χ3n) is 4.46. The van der Waals surface area contributed by atoms with Crippen LogP contribution >= 0.6 is 11.6 Å². The maximum atomic E-state index is 14.3. The Labute approximate surface area is 184 Å². The van der Waals surface area contributed by atoms with E-state index in [1.165, 1.54) is 19.2 Å². The number of nitrogens with zero attached hydrogens (tertiary/aromatic N) is 4. The molecule has 1 unspecified atom stereocenters. The Balaban J connectivity index is 1.77. The molecule has 3 rings (SSSR count). The number of cyclic esters (lactones) is 1. The summed E-state index contributed by atoms with van der Waals surface area (Å²) in [6, 6.07) is -0.0403. The van der Waals surface area contributed by atoms with Crippen LogP contribution in [0.15, 0.2) is 18.5 Å². The first-order valence-corrected chi connectivity index (χ1v) is 9.62. The predicted octanol–water partition coefficient (Wildman–Crippen LogP) is 3.48.